The number of nitrogens with one attached hydrogen (secondary N) is 1. The molecule has 0 spiro atoms. The highest BCUT2D eigenvalue weighted by molar-refractivity contribution is 7.72. The van der Waals surface area contributed by atoms with E-state index in [0.717, 1.165) is 15.7 Å². The number of thiophene rings is 1. The Kier molecular flexibility index (Phi) is 6.30. The first-order valence-corrected chi connectivity index (χ1v) is 12.4. The summed E-state index contributed by atoms with van der Waals surface area (Å²) in [4.78, 5) is 13.9. The van der Waals surface area contributed by atoms with Crippen LogP contribution in [0.25, 0.3) is 10.4 Å². The van der Waals surface area contributed by atoms with Gasteiger partial charge in [-0.1, -0.05) is 52.0 Å². The van der Waals surface area contributed by atoms with Gasteiger partial charge in [-0.3, -0.25) is 4.79 Å². The standard InChI is InChI=1S/C23H27N2O2PS/c1-15(2)28(27,16(3)4)19-10-7-17(8-11-19)23(26)25-21-14-18(9-12-20(21)24)22-6-5-13-29-22/h5-16H,24H2,1-4H3,(H,25,26). The molecule has 0 atom stereocenters. The summed E-state index contributed by atoms with van der Waals surface area (Å²) in [5, 5.41) is 5.73. The first-order valence-electron chi connectivity index (χ1n) is 9.68. The van der Waals surface area contributed by atoms with E-state index in [1.807, 2.05) is 69.5 Å². The molecule has 0 radical (unpaired) electrons. The molecule has 0 aliphatic rings. The van der Waals surface area contributed by atoms with Crippen molar-refractivity contribution in [2.24, 2.45) is 0 Å². The fourth-order valence-electron chi connectivity index (χ4n) is 3.49. The Labute approximate surface area is 176 Å². The maximum Gasteiger partial charge on any atom is 0.255 e. The number of benzene rings is 2. The quantitative estimate of drug-likeness (QED) is 0.372. The van der Waals surface area contributed by atoms with Crippen LogP contribution < -0.4 is 16.4 Å². The van der Waals surface area contributed by atoms with Crippen LogP contribution in [0.15, 0.2) is 60.0 Å². The van der Waals surface area contributed by atoms with Gasteiger partial charge >= 0.3 is 0 Å². The molecule has 0 saturated heterocycles. The molecule has 0 aliphatic heterocycles. The van der Waals surface area contributed by atoms with Crippen LogP contribution in [0.3, 0.4) is 0 Å². The van der Waals surface area contributed by atoms with Crippen molar-refractivity contribution < 1.29 is 9.36 Å². The van der Waals surface area contributed by atoms with Gasteiger partial charge in [0.15, 0.2) is 0 Å². The minimum atomic E-state index is -2.53. The maximum atomic E-state index is 13.5. The second-order valence-electron chi connectivity index (χ2n) is 7.68. The zero-order valence-electron chi connectivity index (χ0n) is 17.2. The summed E-state index contributed by atoms with van der Waals surface area (Å²) in [5.74, 6) is -0.240. The van der Waals surface area contributed by atoms with Gasteiger partial charge in [0.25, 0.3) is 5.91 Å². The van der Waals surface area contributed by atoms with Gasteiger partial charge in [-0.25, -0.2) is 0 Å². The molecule has 0 saturated carbocycles. The summed E-state index contributed by atoms with van der Waals surface area (Å²) in [6.07, 6.45) is 0. The van der Waals surface area contributed by atoms with E-state index < -0.39 is 7.14 Å². The highest BCUT2D eigenvalue weighted by Gasteiger charge is 2.32. The van der Waals surface area contributed by atoms with Gasteiger partial charge in [0.1, 0.15) is 7.14 Å². The number of nitrogen functional groups attached to an aromatic ring is 1. The number of nitrogens with two attached hydrogens (primary N) is 1. The van der Waals surface area contributed by atoms with Crippen LogP contribution in [0, 0.1) is 0 Å². The monoisotopic (exact) mass is 426 g/mol. The average Bonchev–Trinajstić information content (AvgIpc) is 3.23. The highest BCUT2D eigenvalue weighted by Crippen LogP contribution is 2.53. The second-order valence-corrected chi connectivity index (χ2v) is 12.6. The minimum absolute atomic E-state index is 0.0574. The summed E-state index contributed by atoms with van der Waals surface area (Å²) < 4.78 is 13.5. The largest absolute Gasteiger partial charge is 0.397 e. The molecule has 0 fully saturated rings. The first kappa shape index (κ1) is 21.4. The molecule has 1 heterocycles. The van der Waals surface area contributed by atoms with Crippen molar-refractivity contribution in [1.29, 1.82) is 0 Å². The van der Waals surface area contributed by atoms with Crippen LogP contribution in [-0.4, -0.2) is 17.2 Å². The van der Waals surface area contributed by atoms with E-state index in [2.05, 4.69) is 5.32 Å². The van der Waals surface area contributed by atoms with Gasteiger partial charge in [0.05, 0.1) is 11.4 Å². The molecule has 2 aromatic carbocycles. The van der Waals surface area contributed by atoms with Crippen LogP contribution in [0.1, 0.15) is 38.1 Å². The Bertz CT molecular complexity index is 1030. The van der Waals surface area contributed by atoms with Crippen molar-refractivity contribution in [2.75, 3.05) is 11.1 Å². The molecular weight excluding hydrogens is 399 g/mol. The molecule has 6 heteroatoms. The molecule has 0 bridgehead atoms. The number of amides is 1. The third kappa shape index (κ3) is 4.31. The van der Waals surface area contributed by atoms with Crippen molar-refractivity contribution >= 4 is 41.1 Å². The molecule has 152 valence electrons. The minimum Gasteiger partial charge on any atom is -0.397 e. The molecule has 3 N–H and O–H groups in total. The zero-order chi connectivity index (χ0) is 21.2. The summed E-state index contributed by atoms with van der Waals surface area (Å²) in [5.41, 5.74) is 8.80. The van der Waals surface area contributed by atoms with Gasteiger partial charge in [-0.2, -0.15) is 0 Å². The molecule has 1 amide bonds. The number of hydrogen-bond acceptors (Lipinski definition) is 4. The van der Waals surface area contributed by atoms with E-state index in [1.165, 1.54) is 0 Å². The molecule has 4 nitrogen and oxygen atoms in total. The third-order valence-electron chi connectivity index (χ3n) is 5.17. The van der Waals surface area contributed by atoms with Gasteiger partial charge in [-0.15, -0.1) is 11.3 Å². The van der Waals surface area contributed by atoms with Crippen molar-refractivity contribution in [1.82, 2.24) is 0 Å². The van der Waals surface area contributed by atoms with Crippen molar-refractivity contribution in [3.8, 4) is 10.4 Å². The van der Waals surface area contributed by atoms with Gasteiger partial charge in [0.2, 0.25) is 0 Å². The number of anilines is 2. The van der Waals surface area contributed by atoms with Gasteiger partial charge < -0.3 is 15.6 Å². The van der Waals surface area contributed by atoms with Gasteiger partial charge in [0, 0.05) is 27.1 Å². The van der Waals surface area contributed by atoms with E-state index in [0.29, 0.717) is 16.9 Å². The maximum absolute atomic E-state index is 13.5. The van der Waals surface area contributed by atoms with E-state index in [-0.39, 0.29) is 17.2 Å². The lowest BCUT2D eigenvalue weighted by atomic mass is 10.1. The Hall–Kier alpha value is -2.36. The zero-order valence-corrected chi connectivity index (χ0v) is 18.9. The highest BCUT2D eigenvalue weighted by atomic mass is 32.1. The van der Waals surface area contributed by atoms with Gasteiger partial charge in [-0.05, 0) is 41.3 Å². The molecule has 29 heavy (non-hydrogen) atoms. The van der Waals surface area contributed by atoms with Crippen LogP contribution in [0.4, 0.5) is 11.4 Å². The Morgan fingerprint density at radius 2 is 1.66 bits per heavy atom. The lowest BCUT2D eigenvalue weighted by molar-refractivity contribution is 0.102. The number of rotatable bonds is 6. The lowest BCUT2D eigenvalue weighted by Crippen LogP contribution is -2.20. The van der Waals surface area contributed by atoms with E-state index in [4.69, 9.17) is 5.73 Å². The second kappa shape index (κ2) is 8.56. The molecule has 3 aromatic rings. The SMILES string of the molecule is CC(C)P(=O)(c1ccc(C(=O)Nc2cc(-c3cccs3)ccc2N)cc1)C(C)C. The average molecular weight is 427 g/mol. The normalized spacial score (nSPS) is 11.8. The Morgan fingerprint density at radius 1 is 1.00 bits per heavy atom. The fraction of sp³-hybridized carbons (Fsp3) is 0.261. The molecular formula is C23H27N2O2PS. The molecule has 0 unspecified atom stereocenters. The predicted octanol–water partition coefficient (Wildman–Crippen LogP) is 6.05. The fourth-order valence-corrected chi connectivity index (χ4v) is 7.22. The number of carbonyl (C=O) groups excluding carboxylic acids is 1. The number of carbonyl (C=O) groups is 1. The summed E-state index contributed by atoms with van der Waals surface area (Å²) in [6.45, 7) is 7.96. The summed E-state index contributed by atoms with van der Waals surface area (Å²) >= 11 is 1.63. The van der Waals surface area contributed by atoms with E-state index in [1.54, 1.807) is 29.5 Å². The van der Waals surface area contributed by atoms with Crippen LogP contribution in [0.2, 0.25) is 0 Å². The van der Waals surface area contributed by atoms with Crippen molar-refractivity contribution in [3.05, 3.63) is 65.5 Å². The van der Waals surface area contributed by atoms with E-state index >= 15 is 0 Å². The van der Waals surface area contributed by atoms with E-state index in [9.17, 15) is 9.36 Å². The lowest BCUT2D eigenvalue weighted by Gasteiger charge is -2.26. The topological polar surface area (TPSA) is 72.2 Å². The smallest absolute Gasteiger partial charge is 0.255 e. The Morgan fingerprint density at radius 3 is 2.21 bits per heavy atom. The van der Waals surface area contributed by atoms with Crippen molar-refractivity contribution in [2.45, 2.75) is 39.0 Å². The molecule has 1 aromatic heterocycles. The Balaban J connectivity index is 1.83. The number of hydrogen-bond donors (Lipinski definition) is 2. The van der Waals surface area contributed by atoms with Crippen LogP contribution in [0.5, 0.6) is 0 Å². The first-order chi connectivity index (χ1) is 13.7. The van der Waals surface area contributed by atoms with Crippen LogP contribution in [-0.2, 0) is 4.57 Å². The van der Waals surface area contributed by atoms with Crippen molar-refractivity contribution in [3.63, 3.8) is 0 Å². The summed E-state index contributed by atoms with van der Waals surface area (Å²) in [6, 6.07) is 16.8. The predicted molar refractivity (Wildman–Crippen MR) is 126 cm³/mol. The molecule has 0 aliphatic carbocycles. The molecule has 3 rings (SSSR count). The third-order valence-corrected chi connectivity index (χ3v) is 10.3. The van der Waals surface area contributed by atoms with Crippen LogP contribution >= 0.6 is 18.5 Å². The summed E-state index contributed by atoms with van der Waals surface area (Å²) in [7, 11) is -2.53.